The van der Waals surface area contributed by atoms with E-state index < -0.39 is 39.0 Å². The molecular weight excluding hydrogens is 315 g/mol. The number of benzene rings is 1. The summed E-state index contributed by atoms with van der Waals surface area (Å²) in [5, 5.41) is 8.84. The molecule has 1 saturated heterocycles. The normalized spacial score (nSPS) is 19.9. The van der Waals surface area contributed by atoms with Gasteiger partial charge in [0.2, 0.25) is 10.0 Å². The first-order chi connectivity index (χ1) is 9.61. The lowest BCUT2D eigenvalue weighted by Gasteiger charge is -2.36. The lowest BCUT2D eigenvalue weighted by Crippen LogP contribution is -2.54. The van der Waals surface area contributed by atoms with Crippen molar-refractivity contribution in [1.82, 2.24) is 4.31 Å². The fraction of sp³-hybridized carbons (Fsp3) is 0.364. The van der Waals surface area contributed by atoms with Gasteiger partial charge in [-0.1, -0.05) is 6.07 Å². The van der Waals surface area contributed by atoms with Crippen LogP contribution in [0.25, 0.3) is 0 Å². The molecule has 1 unspecified atom stereocenters. The molecule has 0 spiro atoms. The van der Waals surface area contributed by atoms with Gasteiger partial charge in [0.15, 0.2) is 0 Å². The van der Waals surface area contributed by atoms with E-state index in [0.29, 0.717) is 6.07 Å². The zero-order valence-electron chi connectivity index (χ0n) is 10.4. The Morgan fingerprint density at radius 2 is 2.05 bits per heavy atom. The minimum atomic E-state index is -4.94. The molecule has 2 rings (SSSR count). The number of ether oxygens (including phenoxy) is 1. The molecule has 0 radical (unpaired) electrons. The number of alkyl halides is 3. The van der Waals surface area contributed by atoms with Gasteiger partial charge < -0.3 is 9.84 Å². The highest BCUT2D eigenvalue weighted by Crippen LogP contribution is 2.30. The summed E-state index contributed by atoms with van der Waals surface area (Å²) in [4.78, 5) is 10.4. The van der Waals surface area contributed by atoms with Crippen LogP contribution in [-0.4, -0.2) is 42.7 Å². The van der Waals surface area contributed by atoms with Crippen molar-refractivity contribution in [2.75, 3.05) is 6.54 Å². The molecule has 0 saturated carbocycles. The number of halogens is 3. The third kappa shape index (κ3) is 3.27. The van der Waals surface area contributed by atoms with E-state index in [1.807, 2.05) is 0 Å². The van der Waals surface area contributed by atoms with Gasteiger partial charge in [-0.25, -0.2) is 8.42 Å². The van der Waals surface area contributed by atoms with Crippen molar-refractivity contribution in [3.8, 4) is 5.75 Å². The van der Waals surface area contributed by atoms with Crippen LogP contribution in [0, 0.1) is 0 Å². The first-order valence-electron chi connectivity index (χ1n) is 5.72. The van der Waals surface area contributed by atoms with E-state index in [9.17, 15) is 26.4 Å². The summed E-state index contributed by atoms with van der Waals surface area (Å²) in [5.74, 6) is -1.98. The molecule has 1 aliphatic rings. The minimum Gasteiger partial charge on any atom is -0.480 e. The van der Waals surface area contributed by atoms with Gasteiger partial charge in [-0.15, -0.1) is 13.2 Å². The highest BCUT2D eigenvalue weighted by molar-refractivity contribution is 7.89. The van der Waals surface area contributed by atoms with Gasteiger partial charge in [0.25, 0.3) is 0 Å². The molecule has 1 heterocycles. The molecule has 0 bridgehead atoms. The van der Waals surface area contributed by atoms with Gasteiger partial charge in [-0.05, 0) is 18.6 Å². The van der Waals surface area contributed by atoms with Crippen LogP contribution in [-0.2, 0) is 14.8 Å². The van der Waals surface area contributed by atoms with Crippen molar-refractivity contribution >= 4 is 16.0 Å². The van der Waals surface area contributed by atoms with E-state index in [1.165, 1.54) is 0 Å². The van der Waals surface area contributed by atoms with Crippen molar-refractivity contribution < 1.29 is 36.2 Å². The summed E-state index contributed by atoms with van der Waals surface area (Å²) in [7, 11) is -4.17. The Kier molecular flexibility index (Phi) is 3.85. The lowest BCUT2D eigenvalue weighted by molar-refractivity contribution is -0.274. The second kappa shape index (κ2) is 5.19. The SMILES string of the molecule is O=C(O)C1CCN1S(=O)(=O)c1cccc(OC(F)(F)F)c1. The predicted octanol–water partition coefficient (Wildman–Crippen LogP) is 1.43. The maximum absolute atomic E-state index is 12.2. The van der Waals surface area contributed by atoms with Gasteiger partial charge in [0.1, 0.15) is 11.8 Å². The minimum absolute atomic E-state index is 0.00363. The van der Waals surface area contributed by atoms with E-state index in [0.717, 1.165) is 22.5 Å². The maximum atomic E-state index is 12.2. The number of nitrogens with zero attached hydrogens (tertiary/aromatic N) is 1. The molecule has 6 nitrogen and oxygen atoms in total. The van der Waals surface area contributed by atoms with Crippen LogP contribution in [0.1, 0.15) is 6.42 Å². The van der Waals surface area contributed by atoms with Gasteiger partial charge >= 0.3 is 12.3 Å². The molecule has 10 heteroatoms. The number of aliphatic carboxylic acids is 1. The standard InChI is InChI=1S/C11H10F3NO5S/c12-11(13,14)20-7-2-1-3-8(6-7)21(18,19)15-5-4-9(15)10(16)17/h1-3,6,9H,4-5H2,(H,16,17). The largest absolute Gasteiger partial charge is 0.573 e. The molecular formula is C11H10F3NO5S. The molecule has 1 atom stereocenters. The number of rotatable bonds is 4. The van der Waals surface area contributed by atoms with Crippen molar-refractivity contribution in [3.63, 3.8) is 0 Å². The Labute approximate surface area is 117 Å². The molecule has 1 N–H and O–H groups in total. The monoisotopic (exact) mass is 325 g/mol. The summed E-state index contributed by atoms with van der Waals surface area (Å²) >= 11 is 0. The number of sulfonamides is 1. The summed E-state index contributed by atoms with van der Waals surface area (Å²) in [6.45, 7) is 0.00363. The number of hydrogen-bond donors (Lipinski definition) is 1. The topological polar surface area (TPSA) is 83.9 Å². The average molecular weight is 325 g/mol. The van der Waals surface area contributed by atoms with E-state index in [-0.39, 0.29) is 13.0 Å². The van der Waals surface area contributed by atoms with Gasteiger partial charge in [0, 0.05) is 12.6 Å². The highest BCUT2D eigenvalue weighted by atomic mass is 32.2. The second-order valence-corrected chi connectivity index (χ2v) is 6.17. The van der Waals surface area contributed by atoms with Crippen LogP contribution in [0.2, 0.25) is 0 Å². The van der Waals surface area contributed by atoms with Crippen LogP contribution < -0.4 is 4.74 Å². The van der Waals surface area contributed by atoms with Crippen LogP contribution >= 0.6 is 0 Å². The average Bonchev–Trinajstić information content (AvgIpc) is 2.23. The quantitative estimate of drug-likeness (QED) is 0.905. The molecule has 1 aromatic rings. The van der Waals surface area contributed by atoms with Crippen molar-refractivity contribution in [2.45, 2.75) is 23.7 Å². The Hall–Kier alpha value is -1.81. The molecule has 0 aliphatic carbocycles. The van der Waals surface area contributed by atoms with E-state index in [1.54, 1.807) is 0 Å². The Bertz CT molecular complexity index is 658. The number of carboxylic acids is 1. The first kappa shape index (κ1) is 15.6. The predicted molar refractivity (Wildman–Crippen MR) is 63.1 cm³/mol. The number of hydrogen-bond acceptors (Lipinski definition) is 4. The van der Waals surface area contributed by atoms with Gasteiger partial charge in [0.05, 0.1) is 4.90 Å². The van der Waals surface area contributed by atoms with E-state index in [2.05, 4.69) is 4.74 Å². The number of carboxylic acid groups (broad SMARTS) is 1. The van der Waals surface area contributed by atoms with Crippen molar-refractivity contribution in [2.24, 2.45) is 0 Å². The first-order valence-corrected chi connectivity index (χ1v) is 7.16. The van der Waals surface area contributed by atoms with Crippen LogP contribution in [0.15, 0.2) is 29.2 Å². The molecule has 116 valence electrons. The summed E-state index contributed by atoms with van der Waals surface area (Å²) in [6.07, 6.45) is -4.78. The van der Waals surface area contributed by atoms with Gasteiger partial charge in [-0.3, -0.25) is 4.79 Å². The van der Waals surface area contributed by atoms with Crippen LogP contribution in [0.3, 0.4) is 0 Å². The molecule has 1 aliphatic heterocycles. The molecule has 1 fully saturated rings. The molecule has 0 amide bonds. The molecule has 1 aromatic carbocycles. The Morgan fingerprint density at radius 3 is 2.52 bits per heavy atom. The Morgan fingerprint density at radius 1 is 1.38 bits per heavy atom. The van der Waals surface area contributed by atoms with Crippen LogP contribution in [0.5, 0.6) is 5.75 Å². The van der Waals surface area contributed by atoms with E-state index in [4.69, 9.17) is 5.11 Å². The third-order valence-electron chi connectivity index (χ3n) is 2.90. The summed E-state index contributed by atoms with van der Waals surface area (Å²) in [6, 6.07) is 2.64. The summed E-state index contributed by atoms with van der Waals surface area (Å²) in [5.41, 5.74) is 0. The van der Waals surface area contributed by atoms with E-state index >= 15 is 0 Å². The molecule has 0 aromatic heterocycles. The summed E-state index contributed by atoms with van der Waals surface area (Å²) < 4.78 is 65.1. The third-order valence-corrected chi connectivity index (χ3v) is 4.81. The van der Waals surface area contributed by atoms with Gasteiger partial charge in [-0.2, -0.15) is 4.31 Å². The zero-order chi connectivity index (χ0) is 15.8. The fourth-order valence-corrected chi connectivity index (χ4v) is 3.53. The maximum Gasteiger partial charge on any atom is 0.573 e. The Balaban J connectivity index is 2.29. The lowest BCUT2D eigenvalue weighted by atomic mass is 10.1. The van der Waals surface area contributed by atoms with Crippen LogP contribution in [0.4, 0.5) is 13.2 Å². The smallest absolute Gasteiger partial charge is 0.480 e. The second-order valence-electron chi connectivity index (χ2n) is 4.28. The number of carbonyl (C=O) groups is 1. The fourth-order valence-electron chi connectivity index (χ4n) is 1.87. The molecule has 21 heavy (non-hydrogen) atoms. The zero-order valence-corrected chi connectivity index (χ0v) is 11.2. The van der Waals surface area contributed by atoms with Crippen molar-refractivity contribution in [1.29, 1.82) is 0 Å². The highest BCUT2D eigenvalue weighted by Gasteiger charge is 2.43. The van der Waals surface area contributed by atoms with Crippen molar-refractivity contribution in [3.05, 3.63) is 24.3 Å².